The Balaban J connectivity index is 0.852. The second-order valence-corrected chi connectivity index (χ2v) is 20.7. The number of ether oxygens (including phenoxy) is 3. The Morgan fingerprint density at radius 2 is 1.39 bits per heavy atom. The minimum Gasteiger partial charge on any atom is -0.480 e. The van der Waals surface area contributed by atoms with Gasteiger partial charge < -0.3 is 78.4 Å². The fraction of sp³-hybridized carbons (Fsp3) is 0.518. The zero-order chi connectivity index (χ0) is 56.9. The number of hydrogen-bond donors (Lipinski definition) is 10. The molecule has 3 aromatic carbocycles. The number of carbonyl (C=O) groups is 6. The van der Waals surface area contributed by atoms with Crippen molar-refractivity contribution in [1.29, 1.82) is 0 Å². The number of aliphatic imine (C=N–C) groups is 2. The number of rotatable bonds is 27. The third kappa shape index (κ3) is 14.1. The molecule has 5 heterocycles. The topological polar surface area (TPSA) is 357 Å². The molecule has 3 atom stereocenters. The number of nitrogens with zero attached hydrogens (tertiary/aromatic N) is 5. The average Bonchev–Trinajstić information content (AvgIpc) is 3.52. The van der Waals surface area contributed by atoms with Gasteiger partial charge in [-0.2, -0.15) is 0 Å². The number of carboxylic acids is 1. The molecular weight excluding hydrogens is 1030 g/mol. The number of benzene rings is 3. The largest absolute Gasteiger partial charge is 0.480 e. The van der Waals surface area contributed by atoms with Gasteiger partial charge in [0, 0.05) is 91.3 Å². The summed E-state index contributed by atoms with van der Waals surface area (Å²) in [6.45, 7) is 3.11. The van der Waals surface area contributed by atoms with Crippen molar-refractivity contribution in [2.45, 2.75) is 95.2 Å². The zero-order valence-electron chi connectivity index (χ0n) is 45.5. The number of guanidine groups is 2. The fourth-order valence-electron chi connectivity index (χ4n) is 11.4. The number of aliphatic hydroxyl groups is 1. The SMILES string of the molecule is CN(CC(=O)NCCOCCOCC(=O)N[C@@H](CCCN=C(N)N)C(=O)N[C@@H](CCCN=C(N)N)C(=O)N[C@@H](CO)C(=O)O)C(=O)c1ccccc1C1=c2cc3c4c(c2Oc2c1cc1c5c2CCCN5CCC1)CCC[N+]=4CCC3. The summed E-state index contributed by atoms with van der Waals surface area (Å²) in [5.41, 5.74) is 31.5. The first-order chi connectivity index (χ1) is 38.6. The first-order valence-electron chi connectivity index (χ1n) is 27.7. The van der Waals surface area contributed by atoms with Crippen molar-refractivity contribution < 1.29 is 53.2 Å². The van der Waals surface area contributed by atoms with E-state index in [9.17, 15) is 39.0 Å². The first kappa shape index (κ1) is 58.3. The Kier molecular flexibility index (Phi) is 19.9. The zero-order valence-corrected chi connectivity index (χ0v) is 45.5. The van der Waals surface area contributed by atoms with Crippen LogP contribution in [0.4, 0.5) is 5.69 Å². The maximum absolute atomic E-state index is 14.6. The Labute approximate surface area is 464 Å². The van der Waals surface area contributed by atoms with Crippen LogP contribution in [0.5, 0.6) is 11.5 Å². The van der Waals surface area contributed by atoms with Crippen molar-refractivity contribution in [3.05, 3.63) is 85.9 Å². The van der Waals surface area contributed by atoms with E-state index in [0.29, 0.717) is 5.56 Å². The van der Waals surface area contributed by atoms with Crippen LogP contribution in [0, 0.1) is 0 Å². The minimum atomic E-state index is -1.64. The van der Waals surface area contributed by atoms with E-state index in [2.05, 4.69) is 52.9 Å². The molecule has 8 rings (SSSR count). The number of anilines is 1. The summed E-state index contributed by atoms with van der Waals surface area (Å²) in [5.74, 6) is -3.03. The number of aliphatic hydroxyl groups excluding tert-OH is 1. The molecule has 0 aliphatic carbocycles. The van der Waals surface area contributed by atoms with E-state index in [0.717, 1.165) is 111 Å². The third-order valence-electron chi connectivity index (χ3n) is 15.0. The molecule has 5 amide bonds. The molecule has 0 bridgehead atoms. The quantitative estimate of drug-likeness (QED) is 0.0133. The molecule has 5 aliphatic heterocycles. The highest BCUT2D eigenvalue weighted by molar-refractivity contribution is 6.03. The predicted molar refractivity (Wildman–Crippen MR) is 299 cm³/mol. The molecule has 0 radical (unpaired) electrons. The average molecular weight is 1110 g/mol. The van der Waals surface area contributed by atoms with Crippen LogP contribution in [-0.2, 0) is 59.1 Å². The van der Waals surface area contributed by atoms with Crippen molar-refractivity contribution in [3.63, 3.8) is 0 Å². The molecule has 0 saturated carbocycles. The van der Waals surface area contributed by atoms with Crippen molar-refractivity contribution >= 4 is 58.7 Å². The van der Waals surface area contributed by atoms with Crippen LogP contribution < -0.4 is 69.0 Å². The van der Waals surface area contributed by atoms with Crippen LogP contribution in [-0.4, -0.2) is 173 Å². The molecule has 3 aromatic rings. The van der Waals surface area contributed by atoms with Crippen molar-refractivity contribution in [2.75, 3.05) is 97.3 Å². The summed E-state index contributed by atoms with van der Waals surface area (Å²) in [7, 11) is 1.62. The van der Waals surface area contributed by atoms with E-state index >= 15 is 0 Å². The van der Waals surface area contributed by atoms with Gasteiger partial charge in [0.25, 0.3) is 5.91 Å². The van der Waals surface area contributed by atoms with Gasteiger partial charge in [0.1, 0.15) is 49.3 Å². The summed E-state index contributed by atoms with van der Waals surface area (Å²) in [6.07, 6.45) is 8.56. The van der Waals surface area contributed by atoms with Crippen LogP contribution in [0.2, 0.25) is 0 Å². The molecule has 0 spiro atoms. The summed E-state index contributed by atoms with van der Waals surface area (Å²) in [6, 6.07) is 8.22. The molecule has 14 N–H and O–H groups in total. The van der Waals surface area contributed by atoms with Crippen LogP contribution >= 0.6 is 0 Å². The number of carboxylic acid groups (broad SMARTS) is 1. The highest BCUT2D eigenvalue weighted by Gasteiger charge is 2.37. The lowest BCUT2D eigenvalue weighted by molar-refractivity contribution is -0.143. The lowest BCUT2D eigenvalue weighted by Crippen LogP contribution is -2.56. The van der Waals surface area contributed by atoms with E-state index in [1.54, 1.807) is 7.05 Å². The van der Waals surface area contributed by atoms with Gasteiger partial charge in [0.15, 0.2) is 11.9 Å². The Morgan fingerprint density at radius 1 is 0.750 bits per heavy atom. The predicted octanol–water partition coefficient (Wildman–Crippen LogP) is -2.02. The summed E-state index contributed by atoms with van der Waals surface area (Å²) in [5, 5.41) is 31.3. The molecule has 24 heteroatoms. The van der Waals surface area contributed by atoms with Crippen LogP contribution in [0.15, 0.2) is 46.4 Å². The third-order valence-corrected chi connectivity index (χ3v) is 15.0. The Morgan fingerprint density at radius 3 is 2.09 bits per heavy atom. The highest BCUT2D eigenvalue weighted by atomic mass is 16.5. The number of aryl methyl sites for hydroxylation is 2. The second kappa shape index (κ2) is 27.4. The standard InChI is InChI=1S/C56H75N13O11/c1-67(30-44(71)61-20-25-78-26-27-79-32-45(72)64-41(16-4-18-62-55(57)58)51(73)65-42(17-5-19-63-56(59)60)52(74)66-43(31-70)54(76)77)53(75)36-13-3-2-12-35(36)46-39-28-33-10-6-21-68-23-8-14-37(47(33)68)49(39)80-50-38-15-9-24-69-22-7-11-34(48(38)69)29-40(46)50/h2-3,12-13,28-29,41-43,70H,4-11,14-27,30-32H2,1H3,(H12-,57,58,59,60,61,62,63,64,65,66,71,72,73,74,76,77)/p+1/t41-,42-,43-/m0/s1. The molecular formula is C56H76N13O11+. The number of nitrogens with one attached hydrogen (secondary N) is 4. The number of amides is 5. The monoisotopic (exact) mass is 1110 g/mol. The minimum absolute atomic E-state index is 0.0163. The number of hydrogen-bond acceptors (Lipinski definition) is 13. The fourth-order valence-corrected chi connectivity index (χ4v) is 11.4. The van der Waals surface area contributed by atoms with E-state index in [4.69, 9.17) is 37.1 Å². The summed E-state index contributed by atoms with van der Waals surface area (Å²) >= 11 is 0. The maximum atomic E-state index is 14.6. The molecule has 24 nitrogen and oxygen atoms in total. The van der Waals surface area contributed by atoms with Crippen LogP contribution in [0.3, 0.4) is 0 Å². The Hall–Kier alpha value is -7.83. The molecule has 0 unspecified atom stereocenters. The molecule has 0 aromatic heterocycles. The van der Waals surface area contributed by atoms with E-state index in [-0.39, 0.29) is 95.4 Å². The number of nitrogens with two attached hydrogens (primary N) is 4. The van der Waals surface area contributed by atoms with Crippen molar-refractivity contribution in [1.82, 2.24) is 30.7 Å². The van der Waals surface area contributed by atoms with Gasteiger partial charge in [0.05, 0.1) is 38.5 Å². The molecule has 0 saturated heterocycles. The van der Waals surface area contributed by atoms with Crippen LogP contribution in [0.25, 0.3) is 5.57 Å². The first-order valence-corrected chi connectivity index (χ1v) is 27.7. The van der Waals surface area contributed by atoms with Crippen LogP contribution in [0.1, 0.15) is 95.1 Å². The van der Waals surface area contributed by atoms with Gasteiger partial charge in [-0.05, 0) is 93.5 Å². The number of aliphatic carboxylic acids is 1. The number of fused-ring (bicyclic) bond motifs is 4. The van der Waals surface area contributed by atoms with Gasteiger partial charge >= 0.3 is 5.97 Å². The van der Waals surface area contributed by atoms with Crippen molar-refractivity contribution in [3.8, 4) is 11.5 Å². The summed E-state index contributed by atoms with van der Waals surface area (Å²) in [4.78, 5) is 90.9. The van der Waals surface area contributed by atoms with Gasteiger partial charge in [0.2, 0.25) is 29.0 Å². The van der Waals surface area contributed by atoms with Crippen molar-refractivity contribution in [2.24, 2.45) is 32.9 Å². The maximum Gasteiger partial charge on any atom is 0.328 e. The smallest absolute Gasteiger partial charge is 0.328 e. The van der Waals surface area contributed by atoms with Gasteiger partial charge in [-0.1, -0.05) is 18.2 Å². The highest BCUT2D eigenvalue weighted by Crippen LogP contribution is 2.49. The number of carbonyl (C=O) groups excluding carboxylic acids is 5. The lowest BCUT2D eigenvalue weighted by atomic mass is 9.81. The van der Waals surface area contributed by atoms with Gasteiger partial charge in [-0.3, -0.25) is 34.0 Å². The molecule has 430 valence electrons. The number of likely N-dealkylation sites (N-methyl/N-ethyl adjacent to an activating group) is 1. The molecule has 0 fully saturated rings. The second-order valence-electron chi connectivity index (χ2n) is 20.7. The molecule has 5 aliphatic rings. The van der Waals surface area contributed by atoms with E-state index in [1.165, 1.54) is 38.2 Å². The lowest BCUT2D eigenvalue weighted by Gasteiger charge is -2.39. The Bertz CT molecular complexity index is 3020. The molecule has 80 heavy (non-hydrogen) atoms. The normalized spacial score (nSPS) is 15.7. The van der Waals surface area contributed by atoms with Gasteiger partial charge in [-0.25, -0.2) is 9.37 Å². The van der Waals surface area contributed by atoms with E-state index < -0.39 is 55.0 Å². The summed E-state index contributed by atoms with van der Waals surface area (Å²) < 4.78 is 20.9. The van der Waals surface area contributed by atoms with Gasteiger partial charge in [-0.15, -0.1) is 0 Å². The van der Waals surface area contributed by atoms with E-state index in [1.807, 2.05) is 24.3 Å².